The SMILES string of the molecule is CCOC(=O)CC.Cn1c(CNc2ccc(C#N)cc2)nc2cc(C(=O)Nc3ccccn3)ccc21. The van der Waals surface area contributed by atoms with E-state index in [1.54, 1.807) is 56.4 Å². The molecule has 0 saturated heterocycles. The van der Waals surface area contributed by atoms with Crippen LogP contribution in [0.1, 0.15) is 42.0 Å². The fraction of sp³-hybridized carbons (Fsp3) is 0.222. The molecule has 0 radical (unpaired) electrons. The van der Waals surface area contributed by atoms with Crippen molar-refractivity contribution in [1.29, 1.82) is 5.26 Å². The van der Waals surface area contributed by atoms with E-state index in [-0.39, 0.29) is 11.9 Å². The number of carbonyl (C=O) groups is 2. The Morgan fingerprint density at radius 1 is 1.08 bits per heavy atom. The molecule has 36 heavy (non-hydrogen) atoms. The number of hydrogen-bond acceptors (Lipinski definition) is 7. The first-order chi connectivity index (χ1) is 17.4. The highest BCUT2D eigenvalue weighted by Crippen LogP contribution is 2.19. The molecule has 0 fully saturated rings. The maximum atomic E-state index is 12.5. The predicted molar refractivity (Wildman–Crippen MR) is 138 cm³/mol. The normalized spacial score (nSPS) is 10.1. The number of amides is 1. The molecule has 0 bridgehead atoms. The Labute approximate surface area is 209 Å². The van der Waals surface area contributed by atoms with Crippen molar-refractivity contribution < 1.29 is 14.3 Å². The lowest BCUT2D eigenvalue weighted by Gasteiger charge is -2.06. The Kier molecular flexibility index (Phi) is 9.12. The van der Waals surface area contributed by atoms with E-state index in [0.29, 0.717) is 36.5 Å². The van der Waals surface area contributed by atoms with Crippen LogP contribution >= 0.6 is 0 Å². The van der Waals surface area contributed by atoms with Gasteiger partial charge in [-0.15, -0.1) is 0 Å². The van der Waals surface area contributed by atoms with Crippen molar-refractivity contribution in [2.45, 2.75) is 26.8 Å². The molecule has 2 aromatic heterocycles. The summed E-state index contributed by atoms with van der Waals surface area (Å²) >= 11 is 0. The summed E-state index contributed by atoms with van der Waals surface area (Å²) in [6.07, 6.45) is 2.11. The zero-order chi connectivity index (χ0) is 25.9. The van der Waals surface area contributed by atoms with E-state index in [9.17, 15) is 9.59 Å². The van der Waals surface area contributed by atoms with Crippen molar-refractivity contribution >= 4 is 34.4 Å². The molecule has 2 N–H and O–H groups in total. The molecule has 0 aliphatic rings. The molecule has 0 aliphatic carbocycles. The number of hydrogen-bond donors (Lipinski definition) is 2. The summed E-state index contributed by atoms with van der Waals surface area (Å²) in [5.41, 5.74) is 3.74. The summed E-state index contributed by atoms with van der Waals surface area (Å²) in [6, 6.07) is 20.2. The Morgan fingerprint density at radius 2 is 1.86 bits per heavy atom. The summed E-state index contributed by atoms with van der Waals surface area (Å²) in [6.45, 7) is 4.59. The minimum absolute atomic E-state index is 0.123. The number of nitrogens with one attached hydrogen (secondary N) is 2. The Morgan fingerprint density at radius 3 is 2.47 bits per heavy atom. The third kappa shape index (κ3) is 6.90. The number of ether oxygens (including phenoxy) is 1. The first kappa shape index (κ1) is 25.9. The third-order valence-electron chi connectivity index (χ3n) is 5.20. The van der Waals surface area contributed by atoms with Crippen LogP contribution in [0.3, 0.4) is 0 Å². The van der Waals surface area contributed by atoms with Crippen LogP contribution in [0, 0.1) is 11.3 Å². The number of aryl methyl sites for hydroxylation is 1. The lowest BCUT2D eigenvalue weighted by atomic mass is 10.2. The van der Waals surface area contributed by atoms with E-state index in [4.69, 9.17) is 5.26 Å². The van der Waals surface area contributed by atoms with Gasteiger partial charge in [-0.25, -0.2) is 9.97 Å². The molecule has 4 aromatic rings. The van der Waals surface area contributed by atoms with Gasteiger partial charge in [0.25, 0.3) is 5.91 Å². The maximum Gasteiger partial charge on any atom is 0.305 e. The molecule has 184 valence electrons. The lowest BCUT2D eigenvalue weighted by Crippen LogP contribution is -2.12. The highest BCUT2D eigenvalue weighted by Gasteiger charge is 2.12. The average Bonchev–Trinajstić information content (AvgIpc) is 3.23. The quantitative estimate of drug-likeness (QED) is 0.366. The second kappa shape index (κ2) is 12.7. The molecule has 2 heterocycles. The largest absolute Gasteiger partial charge is 0.466 e. The number of nitrogens with zero attached hydrogens (tertiary/aromatic N) is 4. The number of anilines is 2. The second-order valence-electron chi connectivity index (χ2n) is 7.66. The number of benzene rings is 2. The number of imidazole rings is 1. The minimum Gasteiger partial charge on any atom is -0.466 e. The minimum atomic E-state index is -0.228. The maximum absolute atomic E-state index is 12.5. The summed E-state index contributed by atoms with van der Waals surface area (Å²) < 4.78 is 6.54. The topological polar surface area (TPSA) is 122 Å². The van der Waals surface area contributed by atoms with Gasteiger partial charge in [-0.3, -0.25) is 9.59 Å². The molecule has 0 saturated carbocycles. The number of nitriles is 1. The number of aromatic nitrogens is 3. The van der Waals surface area contributed by atoms with E-state index >= 15 is 0 Å². The van der Waals surface area contributed by atoms with Crippen molar-refractivity contribution in [2.75, 3.05) is 17.2 Å². The molecule has 0 aliphatic heterocycles. The van der Waals surface area contributed by atoms with Crippen LogP contribution in [0.15, 0.2) is 66.9 Å². The van der Waals surface area contributed by atoms with Crippen LogP contribution in [0.4, 0.5) is 11.5 Å². The molecule has 9 heteroatoms. The van der Waals surface area contributed by atoms with Gasteiger partial charge in [-0.1, -0.05) is 13.0 Å². The molecule has 1 amide bonds. The zero-order valence-corrected chi connectivity index (χ0v) is 20.5. The van der Waals surface area contributed by atoms with Gasteiger partial charge in [0.1, 0.15) is 11.6 Å². The van der Waals surface area contributed by atoms with Gasteiger partial charge < -0.3 is 19.9 Å². The summed E-state index contributed by atoms with van der Waals surface area (Å²) in [5.74, 6) is 0.994. The second-order valence-corrected chi connectivity index (χ2v) is 7.66. The van der Waals surface area contributed by atoms with Gasteiger partial charge in [0.15, 0.2) is 0 Å². The van der Waals surface area contributed by atoms with Gasteiger partial charge in [0.05, 0.1) is 35.8 Å². The van der Waals surface area contributed by atoms with Gasteiger partial charge >= 0.3 is 5.97 Å². The van der Waals surface area contributed by atoms with Crippen LogP contribution < -0.4 is 10.6 Å². The van der Waals surface area contributed by atoms with Gasteiger partial charge in [0, 0.05) is 30.9 Å². The molecule has 9 nitrogen and oxygen atoms in total. The number of rotatable bonds is 7. The fourth-order valence-corrected chi connectivity index (χ4v) is 3.28. The fourth-order valence-electron chi connectivity index (χ4n) is 3.28. The number of esters is 1. The van der Waals surface area contributed by atoms with E-state index < -0.39 is 0 Å². The van der Waals surface area contributed by atoms with E-state index in [1.165, 1.54) is 0 Å². The standard InChI is InChI=1S/C22H18N6O.C5H10O2/c1-28-19-10-7-16(22(29)27-20-4-2-3-11-24-20)12-18(19)26-21(28)14-25-17-8-5-15(13-23)6-9-17;1-3-5(6)7-4-2/h2-12,25H,14H2,1H3,(H,24,27,29);3-4H2,1-2H3. The van der Waals surface area contributed by atoms with Gasteiger partial charge in [0.2, 0.25) is 0 Å². The van der Waals surface area contributed by atoms with E-state index in [0.717, 1.165) is 22.5 Å². The Hall–Kier alpha value is -4.71. The van der Waals surface area contributed by atoms with Gasteiger partial charge in [-0.2, -0.15) is 5.26 Å². The van der Waals surface area contributed by atoms with Gasteiger partial charge in [-0.05, 0) is 61.5 Å². The number of pyridine rings is 1. The molecule has 0 spiro atoms. The highest BCUT2D eigenvalue weighted by atomic mass is 16.5. The first-order valence-corrected chi connectivity index (χ1v) is 11.5. The van der Waals surface area contributed by atoms with Crippen molar-refractivity contribution in [3.63, 3.8) is 0 Å². The van der Waals surface area contributed by atoms with E-state index in [2.05, 4.69) is 31.4 Å². The van der Waals surface area contributed by atoms with Crippen molar-refractivity contribution in [2.24, 2.45) is 7.05 Å². The van der Waals surface area contributed by atoms with Crippen molar-refractivity contribution in [1.82, 2.24) is 14.5 Å². The molecule has 0 atom stereocenters. The summed E-state index contributed by atoms with van der Waals surface area (Å²) in [5, 5.41) is 15.0. The smallest absolute Gasteiger partial charge is 0.305 e. The zero-order valence-electron chi connectivity index (χ0n) is 20.5. The predicted octanol–water partition coefficient (Wildman–Crippen LogP) is 4.66. The van der Waals surface area contributed by atoms with Crippen molar-refractivity contribution in [3.05, 3.63) is 83.8 Å². The summed E-state index contributed by atoms with van der Waals surface area (Å²) in [4.78, 5) is 31.5. The first-order valence-electron chi connectivity index (χ1n) is 11.5. The molecule has 0 unspecified atom stereocenters. The van der Waals surface area contributed by atoms with Crippen LogP contribution in [0.25, 0.3) is 11.0 Å². The number of fused-ring (bicyclic) bond motifs is 1. The van der Waals surface area contributed by atoms with Crippen molar-refractivity contribution in [3.8, 4) is 6.07 Å². The monoisotopic (exact) mass is 484 g/mol. The molecular weight excluding hydrogens is 456 g/mol. The molecule has 4 rings (SSSR count). The highest BCUT2D eigenvalue weighted by molar-refractivity contribution is 6.05. The van der Waals surface area contributed by atoms with Crippen LogP contribution in [-0.4, -0.2) is 33.0 Å². The summed E-state index contributed by atoms with van der Waals surface area (Å²) in [7, 11) is 1.94. The molecular formula is C27H28N6O3. The Balaban J connectivity index is 0.000000454. The lowest BCUT2D eigenvalue weighted by molar-refractivity contribution is -0.142. The average molecular weight is 485 g/mol. The van der Waals surface area contributed by atoms with Crippen LogP contribution in [0.5, 0.6) is 0 Å². The third-order valence-corrected chi connectivity index (χ3v) is 5.20. The Bertz CT molecular complexity index is 1360. The van der Waals surface area contributed by atoms with Crippen LogP contribution in [0.2, 0.25) is 0 Å². The van der Waals surface area contributed by atoms with Crippen LogP contribution in [-0.2, 0) is 23.1 Å². The van der Waals surface area contributed by atoms with E-state index in [1.807, 2.05) is 35.9 Å². The molecule has 2 aromatic carbocycles. The number of carbonyl (C=O) groups excluding carboxylic acids is 2.